The quantitative estimate of drug-likeness (QED) is 0.620. The van der Waals surface area contributed by atoms with Crippen molar-refractivity contribution >= 4 is 29.2 Å². The maximum Gasteiger partial charge on any atom is 1.00 e. The minimum Gasteiger partial charge on any atom is -0.546 e. The molecule has 0 aliphatic carbocycles. The van der Waals surface area contributed by atoms with Crippen LogP contribution < -0.4 is 39.4 Å². The Bertz CT molecular complexity index is 357. The fourth-order valence-corrected chi connectivity index (χ4v) is 1.09. The first-order valence-electron chi connectivity index (χ1n) is 3.83. The number of halogens is 2. The SMILES string of the molecule is C[C@@H](Oc1ccc(Cl)c(Cl)c1)C(=O)[O-].[Na+]. The summed E-state index contributed by atoms with van der Waals surface area (Å²) in [5, 5.41) is 11.1. The molecule has 0 fully saturated rings. The third-order valence-electron chi connectivity index (χ3n) is 1.54. The van der Waals surface area contributed by atoms with Gasteiger partial charge in [0.25, 0.3) is 0 Å². The maximum atomic E-state index is 10.4. The van der Waals surface area contributed by atoms with Gasteiger partial charge >= 0.3 is 29.6 Å². The molecule has 1 aromatic carbocycles. The van der Waals surface area contributed by atoms with Crippen LogP contribution in [0.4, 0.5) is 0 Å². The number of hydrogen-bond acceptors (Lipinski definition) is 3. The average molecular weight is 257 g/mol. The molecule has 0 saturated carbocycles. The molecule has 76 valence electrons. The van der Waals surface area contributed by atoms with Gasteiger partial charge in [0, 0.05) is 6.07 Å². The summed E-state index contributed by atoms with van der Waals surface area (Å²) in [4.78, 5) is 10.4. The van der Waals surface area contributed by atoms with Crippen molar-refractivity contribution in [2.45, 2.75) is 13.0 Å². The van der Waals surface area contributed by atoms with E-state index in [9.17, 15) is 9.90 Å². The molecule has 0 unspecified atom stereocenters. The molecule has 0 aliphatic rings. The molecule has 1 aromatic rings. The number of rotatable bonds is 3. The monoisotopic (exact) mass is 256 g/mol. The normalized spacial score (nSPS) is 11.4. The van der Waals surface area contributed by atoms with Crippen molar-refractivity contribution in [3.63, 3.8) is 0 Å². The molecular weight excluding hydrogens is 250 g/mol. The van der Waals surface area contributed by atoms with Crippen LogP contribution in [0, 0.1) is 0 Å². The Labute approximate surface area is 120 Å². The summed E-state index contributed by atoms with van der Waals surface area (Å²) in [6.07, 6.45) is -1.02. The van der Waals surface area contributed by atoms with Crippen molar-refractivity contribution in [1.82, 2.24) is 0 Å². The van der Waals surface area contributed by atoms with Crippen LogP contribution in [0.25, 0.3) is 0 Å². The van der Waals surface area contributed by atoms with E-state index in [1.807, 2.05) is 0 Å². The molecule has 3 nitrogen and oxygen atoms in total. The van der Waals surface area contributed by atoms with Crippen LogP contribution in [0.3, 0.4) is 0 Å². The second-order valence-electron chi connectivity index (χ2n) is 2.66. The summed E-state index contributed by atoms with van der Waals surface area (Å²) >= 11 is 11.4. The number of carbonyl (C=O) groups excluding carboxylic acids is 1. The van der Waals surface area contributed by atoms with Crippen LogP contribution in [0.1, 0.15) is 6.92 Å². The second kappa shape index (κ2) is 6.61. The summed E-state index contributed by atoms with van der Waals surface area (Å²) in [5.74, 6) is -0.938. The van der Waals surface area contributed by atoms with Crippen molar-refractivity contribution in [2.24, 2.45) is 0 Å². The number of carboxylic acid groups (broad SMARTS) is 1. The number of carboxylic acids is 1. The van der Waals surface area contributed by atoms with E-state index in [-0.39, 0.29) is 29.6 Å². The zero-order valence-corrected chi connectivity index (χ0v) is 11.8. The van der Waals surface area contributed by atoms with Gasteiger partial charge in [0.05, 0.1) is 16.0 Å². The fourth-order valence-electron chi connectivity index (χ4n) is 0.802. The number of ether oxygens (including phenoxy) is 1. The Hall–Kier alpha value is 0.0700. The predicted octanol–water partition coefficient (Wildman–Crippen LogP) is -1.49. The summed E-state index contributed by atoms with van der Waals surface area (Å²) in [7, 11) is 0. The standard InChI is InChI=1S/C9H8Cl2O3.Na/c1-5(9(12)13)14-6-2-3-7(10)8(11)4-6;/h2-5H,1H3,(H,12,13);/q;+1/p-1/t5-;/m1./s1. The van der Waals surface area contributed by atoms with Gasteiger partial charge in [-0.2, -0.15) is 0 Å². The van der Waals surface area contributed by atoms with E-state index < -0.39 is 12.1 Å². The largest absolute Gasteiger partial charge is 1.00 e. The summed E-state index contributed by atoms with van der Waals surface area (Å²) in [5.41, 5.74) is 0. The van der Waals surface area contributed by atoms with Gasteiger partial charge in [0.2, 0.25) is 0 Å². The van der Waals surface area contributed by atoms with Crippen LogP contribution >= 0.6 is 23.2 Å². The average Bonchev–Trinajstić information content (AvgIpc) is 2.11. The zero-order valence-electron chi connectivity index (χ0n) is 8.29. The van der Waals surface area contributed by atoms with Crippen molar-refractivity contribution in [1.29, 1.82) is 0 Å². The first-order valence-corrected chi connectivity index (χ1v) is 4.59. The smallest absolute Gasteiger partial charge is 0.546 e. The molecule has 0 aromatic heterocycles. The van der Waals surface area contributed by atoms with Gasteiger partial charge in [-0.3, -0.25) is 0 Å². The van der Waals surface area contributed by atoms with Crippen molar-refractivity contribution in [3.8, 4) is 5.75 Å². The third kappa shape index (κ3) is 4.62. The number of hydrogen-bond donors (Lipinski definition) is 0. The Balaban J connectivity index is 0.00000196. The van der Waals surface area contributed by atoms with E-state index in [1.165, 1.54) is 25.1 Å². The first kappa shape index (κ1) is 15.1. The molecule has 15 heavy (non-hydrogen) atoms. The molecule has 0 N–H and O–H groups in total. The number of aliphatic carboxylic acids is 1. The first-order chi connectivity index (χ1) is 6.50. The van der Waals surface area contributed by atoms with E-state index in [0.29, 0.717) is 15.8 Å². The Morgan fingerprint density at radius 2 is 2.00 bits per heavy atom. The predicted molar refractivity (Wildman–Crippen MR) is 51.6 cm³/mol. The molecule has 0 spiro atoms. The molecule has 0 saturated heterocycles. The number of carbonyl (C=O) groups is 1. The van der Waals surface area contributed by atoms with Crippen molar-refractivity contribution in [2.75, 3.05) is 0 Å². The molecular formula is C9H7Cl2NaO3. The topological polar surface area (TPSA) is 49.4 Å². The van der Waals surface area contributed by atoms with E-state index in [1.54, 1.807) is 0 Å². The maximum absolute atomic E-state index is 10.4. The van der Waals surface area contributed by atoms with Gasteiger partial charge < -0.3 is 14.6 Å². The van der Waals surface area contributed by atoms with Gasteiger partial charge in [0.15, 0.2) is 0 Å². The zero-order chi connectivity index (χ0) is 10.7. The van der Waals surface area contributed by atoms with Crippen LogP contribution in [-0.4, -0.2) is 12.1 Å². The Morgan fingerprint density at radius 1 is 1.40 bits per heavy atom. The molecule has 0 radical (unpaired) electrons. The van der Waals surface area contributed by atoms with Crippen LogP contribution in [-0.2, 0) is 4.79 Å². The van der Waals surface area contributed by atoms with Gasteiger partial charge in [-0.05, 0) is 19.1 Å². The van der Waals surface area contributed by atoms with E-state index in [0.717, 1.165) is 0 Å². The summed E-state index contributed by atoms with van der Waals surface area (Å²) < 4.78 is 5.01. The van der Waals surface area contributed by atoms with Gasteiger partial charge in [-0.15, -0.1) is 0 Å². The van der Waals surface area contributed by atoms with Crippen LogP contribution in [0.5, 0.6) is 5.75 Å². The van der Waals surface area contributed by atoms with E-state index in [4.69, 9.17) is 27.9 Å². The summed E-state index contributed by atoms with van der Waals surface area (Å²) in [6, 6.07) is 4.51. The molecule has 1 atom stereocenters. The Kier molecular flexibility index (Phi) is 6.64. The van der Waals surface area contributed by atoms with Gasteiger partial charge in [0.1, 0.15) is 11.9 Å². The van der Waals surface area contributed by atoms with Crippen molar-refractivity contribution in [3.05, 3.63) is 28.2 Å². The number of benzene rings is 1. The summed E-state index contributed by atoms with van der Waals surface area (Å²) in [6.45, 7) is 1.37. The molecule has 0 amide bonds. The van der Waals surface area contributed by atoms with Crippen LogP contribution in [0.2, 0.25) is 10.0 Å². The molecule has 0 aliphatic heterocycles. The fraction of sp³-hybridized carbons (Fsp3) is 0.222. The molecule has 1 rings (SSSR count). The second-order valence-corrected chi connectivity index (χ2v) is 3.47. The minimum absolute atomic E-state index is 0. The molecule has 6 heteroatoms. The van der Waals surface area contributed by atoms with Gasteiger partial charge in [-0.25, -0.2) is 0 Å². The van der Waals surface area contributed by atoms with Gasteiger partial charge in [-0.1, -0.05) is 23.2 Å². The van der Waals surface area contributed by atoms with Crippen LogP contribution in [0.15, 0.2) is 18.2 Å². The third-order valence-corrected chi connectivity index (χ3v) is 2.27. The van der Waals surface area contributed by atoms with E-state index in [2.05, 4.69) is 0 Å². The molecule has 0 heterocycles. The molecule has 0 bridgehead atoms. The van der Waals surface area contributed by atoms with E-state index >= 15 is 0 Å². The Morgan fingerprint density at radius 3 is 2.47 bits per heavy atom. The minimum atomic E-state index is -1.28. The van der Waals surface area contributed by atoms with Crippen molar-refractivity contribution < 1.29 is 44.2 Å².